The summed E-state index contributed by atoms with van der Waals surface area (Å²) in [6.07, 6.45) is 4.27. The van der Waals surface area contributed by atoms with E-state index in [9.17, 15) is 0 Å². The number of hydrogen-bond acceptors (Lipinski definition) is 4. The minimum Gasteiger partial charge on any atom is -0.447 e. The van der Waals surface area contributed by atoms with Gasteiger partial charge in [-0.05, 0) is 32.6 Å². The summed E-state index contributed by atoms with van der Waals surface area (Å²) in [5.41, 5.74) is 1.01. The second kappa shape index (κ2) is 4.36. The van der Waals surface area contributed by atoms with E-state index in [1.807, 2.05) is 18.8 Å². The summed E-state index contributed by atoms with van der Waals surface area (Å²) in [6.45, 7) is 2.09. The smallest absolute Gasteiger partial charge is 0.207 e. The van der Waals surface area contributed by atoms with Crippen molar-refractivity contribution in [2.75, 3.05) is 12.8 Å². The van der Waals surface area contributed by atoms with Crippen molar-refractivity contribution in [1.29, 1.82) is 0 Å². The Morgan fingerprint density at radius 2 is 2.57 bits per heavy atom. The molecule has 2 unspecified atom stereocenters. The summed E-state index contributed by atoms with van der Waals surface area (Å²) in [4.78, 5) is 4.51. The molecular weight excluding hydrogens is 196 g/mol. The Balaban J connectivity index is 2.08. The molecule has 0 amide bonds. The van der Waals surface area contributed by atoms with Gasteiger partial charge < -0.3 is 9.73 Å². The number of aromatic nitrogens is 1. The maximum absolute atomic E-state index is 5.50. The van der Waals surface area contributed by atoms with Crippen molar-refractivity contribution in [2.24, 2.45) is 0 Å². The quantitative estimate of drug-likeness (QED) is 0.835. The van der Waals surface area contributed by atoms with E-state index in [0.29, 0.717) is 5.25 Å². The van der Waals surface area contributed by atoms with Crippen molar-refractivity contribution in [1.82, 2.24) is 10.3 Å². The average Bonchev–Trinajstić information content (AvgIpc) is 2.86. The Morgan fingerprint density at radius 3 is 3.21 bits per heavy atom. The molecule has 1 fully saturated rings. The van der Waals surface area contributed by atoms with E-state index in [1.54, 1.807) is 6.26 Å². The van der Waals surface area contributed by atoms with Crippen LogP contribution in [0.15, 0.2) is 10.7 Å². The predicted octanol–water partition coefficient (Wildman–Crippen LogP) is 2.52. The first kappa shape index (κ1) is 10.1. The molecule has 0 aromatic carbocycles. The summed E-state index contributed by atoms with van der Waals surface area (Å²) in [5, 5.41) is 3.65. The Labute approximate surface area is 88.7 Å². The van der Waals surface area contributed by atoms with Gasteiger partial charge in [0.25, 0.3) is 0 Å². The Bertz CT molecular complexity index is 294. The van der Waals surface area contributed by atoms with Gasteiger partial charge in [-0.1, -0.05) is 0 Å². The molecule has 1 aromatic heterocycles. The van der Waals surface area contributed by atoms with E-state index in [2.05, 4.69) is 17.2 Å². The number of rotatable bonds is 3. The summed E-state index contributed by atoms with van der Waals surface area (Å²) < 4.78 is 5.50. The van der Waals surface area contributed by atoms with Crippen LogP contribution in [0.25, 0.3) is 0 Å². The van der Waals surface area contributed by atoms with E-state index < -0.39 is 0 Å². The summed E-state index contributed by atoms with van der Waals surface area (Å²) in [6, 6.07) is 0.277. The highest BCUT2D eigenvalue weighted by molar-refractivity contribution is 7.99. The Morgan fingerprint density at radius 1 is 1.71 bits per heavy atom. The van der Waals surface area contributed by atoms with Crippen LogP contribution in [0.4, 0.5) is 0 Å². The SMILES string of the molecule is CNC(C)c1coc(C2CCCS2)n1. The summed E-state index contributed by atoms with van der Waals surface area (Å²) in [7, 11) is 1.93. The van der Waals surface area contributed by atoms with Crippen LogP contribution < -0.4 is 5.32 Å². The number of hydrogen-bond donors (Lipinski definition) is 1. The molecule has 0 saturated carbocycles. The number of nitrogens with zero attached hydrogens (tertiary/aromatic N) is 1. The summed E-state index contributed by atoms with van der Waals surface area (Å²) in [5.74, 6) is 2.15. The number of thioether (sulfide) groups is 1. The normalized spacial score (nSPS) is 24.0. The molecule has 2 rings (SSSR count). The monoisotopic (exact) mass is 212 g/mol. The van der Waals surface area contributed by atoms with Crippen LogP contribution in [-0.4, -0.2) is 17.8 Å². The maximum atomic E-state index is 5.50. The van der Waals surface area contributed by atoms with E-state index in [-0.39, 0.29) is 6.04 Å². The van der Waals surface area contributed by atoms with Crippen molar-refractivity contribution < 1.29 is 4.42 Å². The van der Waals surface area contributed by atoms with Gasteiger partial charge in [-0.15, -0.1) is 11.8 Å². The van der Waals surface area contributed by atoms with Crippen LogP contribution in [0.3, 0.4) is 0 Å². The topological polar surface area (TPSA) is 38.1 Å². The predicted molar refractivity (Wildman–Crippen MR) is 58.4 cm³/mol. The molecular formula is C10H16N2OS. The lowest BCUT2D eigenvalue weighted by Crippen LogP contribution is -2.12. The van der Waals surface area contributed by atoms with Gasteiger partial charge in [-0.3, -0.25) is 0 Å². The zero-order valence-corrected chi connectivity index (χ0v) is 9.43. The highest BCUT2D eigenvalue weighted by Gasteiger charge is 2.23. The molecule has 0 aliphatic carbocycles. The second-order valence-electron chi connectivity index (χ2n) is 3.62. The fraction of sp³-hybridized carbons (Fsp3) is 0.700. The zero-order valence-electron chi connectivity index (χ0n) is 8.62. The molecule has 14 heavy (non-hydrogen) atoms. The van der Waals surface area contributed by atoms with Crippen molar-refractivity contribution in [3.8, 4) is 0 Å². The van der Waals surface area contributed by atoms with Gasteiger partial charge in [0.05, 0.1) is 10.9 Å². The van der Waals surface area contributed by atoms with Crippen LogP contribution in [0.5, 0.6) is 0 Å². The molecule has 4 heteroatoms. The molecule has 0 radical (unpaired) electrons. The van der Waals surface area contributed by atoms with Gasteiger partial charge in [-0.25, -0.2) is 4.98 Å². The van der Waals surface area contributed by atoms with Crippen molar-refractivity contribution >= 4 is 11.8 Å². The van der Waals surface area contributed by atoms with Crippen molar-refractivity contribution in [3.63, 3.8) is 0 Å². The third kappa shape index (κ3) is 1.96. The highest BCUT2D eigenvalue weighted by atomic mass is 32.2. The van der Waals surface area contributed by atoms with Crippen LogP contribution >= 0.6 is 11.8 Å². The van der Waals surface area contributed by atoms with Gasteiger partial charge in [0.15, 0.2) is 0 Å². The minimum absolute atomic E-state index is 0.277. The van der Waals surface area contributed by atoms with Gasteiger partial charge >= 0.3 is 0 Å². The minimum atomic E-state index is 0.277. The second-order valence-corrected chi connectivity index (χ2v) is 4.93. The Hall–Kier alpha value is -0.480. The van der Waals surface area contributed by atoms with Crippen molar-refractivity contribution in [3.05, 3.63) is 17.8 Å². The highest BCUT2D eigenvalue weighted by Crippen LogP contribution is 2.39. The first-order valence-electron chi connectivity index (χ1n) is 5.05. The standard InChI is InChI=1S/C10H16N2OS/c1-7(11-2)8-6-13-10(12-8)9-4-3-5-14-9/h6-7,9,11H,3-5H2,1-2H3. The molecule has 1 aliphatic rings. The molecule has 0 spiro atoms. The third-order valence-electron chi connectivity index (χ3n) is 2.62. The average molecular weight is 212 g/mol. The van der Waals surface area contributed by atoms with E-state index >= 15 is 0 Å². The molecule has 1 aliphatic heterocycles. The molecule has 0 bridgehead atoms. The lowest BCUT2D eigenvalue weighted by atomic mass is 10.2. The Kier molecular flexibility index (Phi) is 3.13. The van der Waals surface area contributed by atoms with Gasteiger partial charge in [0, 0.05) is 6.04 Å². The fourth-order valence-corrected chi connectivity index (χ4v) is 2.77. The first-order valence-corrected chi connectivity index (χ1v) is 6.10. The molecule has 3 nitrogen and oxygen atoms in total. The van der Waals surface area contributed by atoms with Gasteiger partial charge in [0.1, 0.15) is 6.26 Å². The number of nitrogens with one attached hydrogen (secondary N) is 1. The summed E-state index contributed by atoms with van der Waals surface area (Å²) >= 11 is 1.95. The van der Waals surface area contributed by atoms with Crippen LogP contribution in [-0.2, 0) is 0 Å². The lowest BCUT2D eigenvalue weighted by molar-refractivity contribution is 0.485. The molecule has 1 saturated heterocycles. The van der Waals surface area contributed by atoms with Crippen LogP contribution in [0.1, 0.15) is 42.6 Å². The first-order chi connectivity index (χ1) is 6.81. The molecule has 1 aromatic rings. The lowest BCUT2D eigenvalue weighted by Gasteiger charge is -2.04. The van der Waals surface area contributed by atoms with E-state index in [4.69, 9.17) is 4.42 Å². The zero-order chi connectivity index (χ0) is 9.97. The van der Waals surface area contributed by atoms with Gasteiger partial charge in [-0.2, -0.15) is 0 Å². The van der Waals surface area contributed by atoms with Gasteiger partial charge in [0.2, 0.25) is 5.89 Å². The maximum Gasteiger partial charge on any atom is 0.207 e. The molecule has 2 atom stereocenters. The molecule has 2 heterocycles. The molecule has 78 valence electrons. The molecule has 1 N–H and O–H groups in total. The number of oxazole rings is 1. The fourth-order valence-electron chi connectivity index (χ4n) is 1.57. The van der Waals surface area contributed by atoms with Crippen molar-refractivity contribution in [2.45, 2.75) is 31.1 Å². The largest absolute Gasteiger partial charge is 0.447 e. The van der Waals surface area contributed by atoms with Crippen LogP contribution in [0, 0.1) is 0 Å². The third-order valence-corrected chi connectivity index (χ3v) is 3.99. The van der Waals surface area contributed by atoms with E-state index in [1.165, 1.54) is 18.6 Å². The van der Waals surface area contributed by atoms with E-state index in [0.717, 1.165) is 11.6 Å². The van der Waals surface area contributed by atoms with Crippen LogP contribution in [0.2, 0.25) is 0 Å².